The smallest absolute Gasteiger partial charge is 0.271 e. The molecule has 1 aliphatic heterocycles. The second-order valence-corrected chi connectivity index (χ2v) is 8.28. The van der Waals surface area contributed by atoms with E-state index in [1.165, 1.54) is 4.90 Å². The highest BCUT2D eigenvalue weighted by Gasteiger charge is 2.26. The van der Waals surface area contributed by atoms with E-state index in [2.05, 4.69) is 5.32 Å². The molecular formula is C16H22N4O6S. The molecule has 0 aromatic heterocycles. The van der Waals surface area contributed by atoms with Crippen molar-refractivity contribution >= 4 is 27.3 Å². The maximum Gasteiger partial charge on any atom is 0.271 e. The number of nitro benzene ring substituents is 1. The minimum absolute atomic E-state index is 0.0400. The van der Waals surface area contributed by atoms with E-state index in [1.807, 2.05) is 11.8 Å². The lowest BCUT2D eigenvalue weighted by atomic mass is 10.1. The van der Waals surface area contributed by atoms with Crippen LogP contribution in [-0.4, -0.2) is 80.5 Å². The topological polar surface area (TPSA) is 130 Å². The van der Waals surface area contributed by atoms with E-state index in [-0.39, 0.29) is 22.9 Å². The molecule has 0 saturated carbocycles. The van der Waals surface area contributed by atoms with Crippen LogP contribution in [0.1, 0.15) is 17.3 Å². The highest BCUT2D eigenvalue weighted by atomic mass is 32.2. The third-order valence-corrected chi connectivity index (χ3v) is 5.27. The van der Waals surface area contributed by atoms with Gasteiger partial charge >= 0.3 is 0 Å². The van der Waals surface area contributed by atoms with E-state index >= 15 is 0 Å². The number of nitrogens with zero attached hydrogens (tertiary/aromatic N) is 3. The predicted molar refractivity (Wildman–Crippen MR) is 97.2 cm³/mol. The largest absolute Gasteiger partial charge is 0.355 e. The van der Waals surface area contributed by atoms with Crippen molar-refractivity contribution in [3.05, 3.63) is 33.9 Å². The van der Waals surface area contributed by atoms with Crippen molar-refractivity contribution in [1.29, 1.82) is 0 Å². The number of amides is 2. The van der Waals surface area contributed by atoms with E-state index in [0.717, 1.165) is 24.5 Å². The number of nitrogens with one attached hydrogen (secondary N) is 1. The van der Waals surface area contributed by atoms with Crippen LogP contribution in [0, 0.1) is 10.1 Å². The zero-order valence-corrected chi connectivity index (χ0v) is 16.0. The fraction of sp³-hybridized carbons (Fsp3) is 0.500. The van der Waals surface area contributed by atoms with Crippen molar-refractivity contribution in [2.75, 3.05) is 45.5 Å². The number of non-ortho nitro benzene ring substituents is 1. The molecule has 0 radical (unpaired) electrons. The van der Waals surface area contributed by atoms with E-state index in [9.17, 15) is 28.1 Å². The summed E-state index contributed by atoms with van der Waals surface area (Å²) < 4.78 is 23.5. The second kappa shape index (κ2) is 8.44. The van der Waals surface area contributed by atoms with Crippen LogP contribution in [0.5, 0.6) is 0 Å². The van der Waals surface area contributed by atoms with Crippen LogP contribution in [0.25, 0.3) is 0 Å². The molecular weight excluding hydrogens is 376 g/mol. The van der Waals surface area contributed by atoms with Gasteiger partial charge in [0.05, 0.1) is 16.4 Å². The molecule has 0 unspecified atom stereocenters. The molecule has 1 heterocycles. The van der Waals surface area contributed by atoms with Gasteiger partial charge in [-0.2, -0.15) is 0 Å². The molecule has 1 N–H and O–H groups in total. The summed E-state index contributed by atoms with van der Waals surface area (Å²) in [7, 11) is -3.70. The van der Waals surface area contributed by atoms with Gasteiger partial charge in [0.25, 0.3) is 11.6 Å². The Labute approximate surface area is 157 Å². The van der Waals surface area contributed by atoms with Crippen LogP contribution in [0.15, 0.2) is 23.1 Å². The van der Waals surface area contributed by atoms with Gasteiger partial charge < -0.3 is 10.2 Å². The second-order valence-electron chi connectivity index (χ2n) is 6.27. The van der Waals surface area contributed by atoms with Gasteiger partial charge in [0, 0.05) is 56.7 Å². The van der Waals surface area contributed by atoms with Gasteiger partial charge in [-0.05, 0) is 13.0 Å². The summed E-state index contributed by atoms with van der Waals surface area (Å²) in [6, 6.07) is 3.18. The van der Waals surface area contributed by atoms with Crippen LogP contribution in [-0.2, 0) is 14.6 Å². The number of benzene rings is 1. The Bertz CT molecular complexity index is 846. The first-order chi connectivity index (χ1) is 12.6. The zero-order chi connectivity index (χ0) is 20.2. The summed E-state index contributed by atoms with van der Waals surface area (Å²) in [4.78, 5) is 37.8. The number of piperazine rings is 1. The van der Waals surface area contributed by atoms with E-state index < -0.39 is 26.4 Å². The molecule has 148 valence electrons. The van der Waals surface area contributed by atoms with Gasteiger partial charge in [0.2, 0.25) is 5.91 Å². The van der Waals surface area contributed by atoms with Crippen molar-refractivity contribution in [1.82, 2.24) is 15.1 Å². The first kappa shape index (κ1) is 20.8. The number of hydrogen-bond acceptors (Lipinski definition) is 7. The predicted octanol–water partition coefficient (Wildman–Crippen LogP) is -0.108. The van der Waals surface area contributed by atoms with E-state index in [4.69, 9.17) is 0 Å². The van der Waals surface area contributed by atoms with Gasteiger partial charge in [-0.15, -0.1) is 0 Å². The Balaban J connectivity index is 2.13. The Morgan fingerprint density at radius 1 is 1.19 bits per heavy atom. The number of nitro groups is 1. The molecule has 1 aliphatic rings. The molecule has 0 aliphatic carbocycles. The number of likely N-dealkylation sites (N-methyl/N-ethyl adjacent to an activating group) is 1. The molecule has 2 amide bonds. The van der Waals surface area contributed by atoms with Crippen molar-refractivity contribution in [2.24, 2.45) is 0 Å². The van der Waals surface area contributed by atoms with Gasteiger partial charge in [-0.3, -0.25) is 24.6 Å². The molecule has 0 spiro atoms. The average Bonchev–Trinajstić information content (AvgIpc) is 2.60. The first-order valence-corrected chi connectivity index (χ1v) is 10.3. The number of hydrogen-bond donors (Lipinski definition) is 1. The van der Waals surface area contributed by atoms with Gasteiger partial charge in [0.15, 0.2) is 9.84 Å². The molecule has 27 heavy (non-hydrogen) atoms. The Morgan fingerprint density at radius 3 is 2.33 bits per heavy atom. The van der Waals surface area contributed by atoms with Crippen LogP contribution in [0.3, 0.4) is 0 Å². The van der Waals surface area contributed by atoms with Crippen LogP contribution >= 0.6 is 0 Å². The summed E-state index contributed by atoms with van der Waals surface area (Å²) >= 11 is 0. The maximum absolute atomic E-state index is 12.7. The molecule has 0 atom stereocenters. The third kappa shape index (κ3) is 5.47. The van der Waals surface area contributed by atoms with Gasteiger partial charge in [0.1, 0.15) is 0 Å². The van der Waals surface area contributed by atoms with Crippen molar-refractivity contribution in [3.8, 4) is 0 Å². The Kier molecular flexibility index (Phi) is 6.50. The van der Waals surface area contributed by atoms with Crippen LogP contribution in [0.4, 0.5) is 5.69 Å². The average molecular weight is 398 g/mol. The zero-order valence-electron chi connectivity index (χ0n) is 15.2. The summed E-state index contributed by atoms with van der Waals surface area (Å²) in [5.41, 5.74) is -0.488. The van der Waals surface area contributed by atoms with E-state index in [0.29, 0.717) is 32.7 Å². The highest BCUT2D eigenvalue weighted by molar-refractivity contribution is 7.90. The first-order valence-electron chi connectivity index (χ1n) is 8.39. The SMILES string of the molecule is CCNC(=O)CN1CCN(C(=O)c2cc([N+](=O)[O-])cc(S(C)(=O)=O)c2)CC1. The van der Waals surface area contributed by atoms with Gasteiger partial charge in [-0.1, -0.05) is 0 Å². The maximum atomic E-state index is 12.7. The lowest BCUT2D eigenvalue weighted by Gasteiger charge is -2.34. The Morgan fingerprint density at radius 2 is 1.81 bits per heavy atom. The lowest BCUT2D eigenvalue weighted by Crippen LogP contribution is -2.51. The molecule has 1 fully saturated rings. The fourth-order valence-electron chi connectivity index (χ4n) is 2.77. The number of rotatable bonds is 6. The van der Waals surface area contributed by atoms with Crippen LogP contribution < -0.4 is 5.32 Å². The molecule has 2 rings (SSSR count). The number of carbonyl (C=O) groups is 2. The minimum atomic E-state index is -3.70. The summed E-state index contributed by atoms with van der Waals surface area (Å²) in [5, 5.41) is 13.8. The summed E-state index contributed by atoms with van der Waals surface area (Å²) in [6.45, 7) is 4.27. The van der Waals surface area contributed by atoms with E-state index in [1.54, 1.807) is 0 Å². The summed E-state index contributed by atoms with van der Waals surface area (Å²) in [5.74, 6) is -0.560. The van der Waals surface area contributed by atoms with Crippen molar-refractivity contribution in [3.63, 3.8) is 0 Å². The third-order valence-electron chi connectivity index (χ3n) is 4.18. The monoisotopic (exact) mass is 398 g/mol. The quantitative estimate of drug-likeness (QED) is 0.523. The fourth-order valence-corrected chi connectivity index (χ4v) is 3.45. The molecule has 1 aromatic carbocycles. The van der Waals surface area contributed by atoms with Gasteiger partial charge in [-0.25, -0.2) is 8.42 Å². The summed E-state index contributed by atoms with van der Waals surface area (Å²) in [6.07, 6.45) is 0.931. The normalized spacial score (nSPS) is 15.4. The van der Waals surface area contributed by atoms with Crippen molar-refractivity contribution < 1.29 is 22.9 Å². The Hall–Kier alpha value is -2.53. The standard InChI is InChI=1S/C16H22N4O6S/c1-3-17-15(21)11-18-4-6-19(7-5-18)16(22)12-8-13(20(23)24)10-14(9-12)27(2,25)26/h8-10H,3-7,11H2,1-2H3,(H,17,21). The molecule has 0 bridgehead atoms. The lowest BCUT2D eigenvalue weighted by molar-refractivity contribution is -0.385. The molecule has 11 heteroatoms. The molecule has 1 aromatic rings. The molecule has 1 saturated heterocycles. The van der Waals surface area contributed by atoms with Crippen LogP contribution in [0.2, 0.25) is 0 Å². The number of sulfone groups is 1. The van der Waals surface area contributed by atoms with Crippen molar-refractivity contribution in [2.45, 2.75) is 11.8 Å². The molecule has 10 nitrogen and oxygen atoms in total. The number of carbonyl (C=O) groups excluding carboxylic acids is 2. The minimum Gasteiger partial charge on any atom is -0.355 e. The highest BCUT2D eigenvalue weighted by Crippen LogP contribution is 2.22.